The van der Waals surface area contributed by atoms with Crippen LogP contribution in [0, 0.1) is 5.92 Å². The molecule has 160 valence electrons. The highest BCUT2D eigenvalue weighted by atomic mass is 16.5. The highest BCUT2D eigenvalue weighted by Gasteiger charge is 2.30. The summed E-state index contributed by atoms with van der Waals surface area (Å²) in [4.78, 5) is 25.0. The van der Waals surface area contributed by atoms with E-state index in [2.05, 4.69) is 10.6 Å². The average Bonchev–Trinajstić information content (AvgIpc) is 2.72. The number of hydrogen-bond donors (Lipinski definition) is 4. The number of ether oxygens (including phenoxy) is 1. The van der Waals surface area contributed by atoms with Crippen molar-refractivity contribution < 1.29 is 24.4 Å². The van der Waals surface area contributed by atoms with Gasteiger partial charge in [-0.2, -0.15) is 0 Å². The Balaban J connectivity index is 1.97. The number of benzene rings is 2. The van der Waals surface area contributed by atoms with Gasteiger partial charge in [0.05, 0.1) is 5.94 Å². The Morgan fingerprint density at radius 1 is 0.933 bits per heavy atom. The van der Waals surface area contributed by atoms with E-state index in [9.17, 15) is 19.6 Å². The summed E-state index contributed by atoms with van der Waals surface area (Å²) in [5, 5.41) is 24.6. The van der Waals surface area contributed by atoms with Gasteiger partial charge in [-0.05, 0) is 29.9 Å². The Labute approximate surface area is 177 Å². The molecule has 0 bridgehead atoms. The minimum atomic E-state index is -1.74. The Hall–Kier alpha value is -2.84. The summed E-state index contributed by atoms with van der Waals surface area (Å²) in [6.45, 7) is 3.95. The number of amides is 2. The molecule has 4 N–H and O–H groups in total. The van der Waals surface area contributed by atoms with Crippen molar-refractivity contribution in [3.05, 3.63) is 71.8 Å². The summed E-state index contributed by atoms with van der Waals surface area (Å²) in [5.74, 6) is -1.27. The minimum absolute atomic E-state index is 0.0919. The van der Waals surface area contributed by atoms with Crippen LogP contribution < -0.4 is 10.6 Å². The summed E-state index contributed by atoms with van der Waals surface area (Å²) in [6, 6.07) is 17.6. The van der Waals surface area contributed by atoms with Crippen LogP contribution in [-0.4, -0.2) is 41.1 Å². The maximum atomic E-state index is 12.8. The lowest BCUT2D eigenvalue weighted by atomic mass is 9.75. The van der Waals surface area contributed by atoms with Gasteiger partial charge < -0.3 is 25.4 Å². The third-order valence-corrected chi connectivity index (χ3v) is 4.51. The van der Waals surface area contributed by atoms with Crippen LogP contribution >= 0.6 is 0 Å². The van der Waals surface area contributed by atoms with Crippen LogP contribution in [0.15, 0.2) is 60.7 Å². The molecule has 2 unspecified atom stereocenters. The van der Waals surface area contributed by atoms with Crippen LogP contribution in [0.4, 0.5) is 4.79 Å². The van der Waals surface area contributed by atoms with Crippen molar-refractivity contribution in [1.29, 1.82) is 0 Å². The highest BCUT2D eigenvalue weighted by Crippen LogP contribution is 2.09. The molecule has 2 amide bonds. The first kappa shape index (κ1) is 23.4. The van der Waals surface area contributed by atoms with Crippen molar-refractivity contribution in [3.63, 3.8) is 0 Å². The number of hydrogen-bond acceptors (Lipinski definition) is 5. The van der Waals surface area contributed by atoms with Gasteiger partial charge in [0.1, 0.15) is 12.6 Å². The third kappa shape index (κ3) is 8.27. The van der Waals surface area contributed by atoms with E-state index in [4.69, 9.17) is 4.74 Å². The molecule has 30 heavy (non-hydrogen) atoms. The molecule has 2 rings (SSSR count). The van der Waals surface area contributed by atoms with E-state index >= 15 is 0 Å². The van der Waals surface area contributed by atoms with E-state index in [-0.39, 0.29) is 18.9 Å². The second kappa shape index (κ2) is 12.0. The first-order valence-electron chi connectivity index (χ1n) is 10.0. The van der Waals surface area contributed by atoms with Crippen LogP contribution in [0.2, 0.25) is 0 Å². The van der Waals surface area contributed by atoms with E-state index < -0.39 is 31.1 Å². The monoisotopic (exact) mass is 412 g/mol. The Kier molecular flexibility index (Phi) is 9.37. The van der Waals surface area contributed by atoms with E-state index in [0.717, 1.165) is 11.1 Å². The fourth-order valence-corrected chi connectivity index (χ4v) is 2.99. The SMILES string of the molecule is CC(C)CC(NC(=O)OCc1ccccc1)C(=O)NC(Cc1ccccc1)B(O)O. The topological polar surface area (TPSA) is 108 Å². The molecule has 0 aliphatic heterocycles. The zero-order valence-electron chi connectivity index (χ0n) is 17.3. The first-order valence-corrected chi connectivity index (χ1v) is 10.0. The first-order chi connectivity index (χ1) is 14.3. The molecule has 2 aromatic rings. The quantitative estimate of drug-likeness (QED) is 0.447. The predicted molar refractivity (Wildman–Crippen MR) is 115 cm³/mol. The fraction of sp³-hybridized carbons (Fsp3) is 0.364. The van der Waals surface area contributed by atoms with Gasteiger partial charge in [-0.3, -0.25) is 4.79 Å². The van der Waals surface area contributed by atoms with Crippen LogP contribution in [0.25, 0.3) is 0 Å². The lowest BCUT2D eigenvalue weighted by molar-refractivity contribution is -0.123. The molecule has 7 nitrogen and oxygen atoms in total. The molecule has 0 spiro atoms. The summed E-state index contributed by atoms with van der Waals surface area (Å²) in [7, 11) is -1.74. The molecule has 0 aliphatic rings. The largest absolute Gasteiger partial charge is 0.475 e. The maximum absolute atomic E-state index is 12.8. The van der Waals surface area contributed by atoms with Gasteiger partial charge in [0.25, 0.3) is 0 Å². The van der Waals surface area contributed by atoms with Gasteiger partial charge in [-0.15, -0.1) is 0 Å². The molecule has 8 heteroatoms. The van der Waals surface area contributed by atoms with Crippen LogP contribution in [0.5, 0.6) is 0 Å². The van der Waals surface area contributed by atoms with Crippen molar-refractivity contribution in [2.45, 2.75) is 45.3 Å². The summed E-state index contributed by atoms with van der Waals surface area (Å²) < 4.78 is 5.21. The van der Waals surface area contributed by atoms with Gasteiger partial charge >= 0.3 is 13.2 Å². The second-order valence-electron chi connectivity index (χ2n) is 7.61. The third-order valence-electron chi connectivity index (χ3n) is 4.51. The van der Waals surface area contributed by atoms with Crippen molar-refractivity contribution in [2.75, 3.05) is 0 Å². The van der Waals surface area contributed by atoms with E-state index in [1.165, 1.54) is 0 Å². The number of rotatable bonds is 10. The fourth-order valence-electron chi connectivity index (χ4n) is 2.99. The second-order valence-corrected chi connectivity index (χ2v) is 7.61. The molecule has 0 aliphatic carbocycles. The van der Waals surface area contributed by atoms with Crippen molar-refractivity contribution in [3.8, 4) is 0 Å². The van der Waals surface area contributed by atoms with Crippen molar-refractivity contribution >= 4 is 19.1 Å². The van der Waals surface area contributed by atoms with Gasteiger partial charge in [0.15, 0.2) is 0 Å². The Morgan fingerprint density at radius 2 is 1.50 bits per heavy atom. The van der Waals surface area contributed by atoms with E-state index in [1.807, 2.05) is 74.5 Å². The normalized spacial score (nSPS) is 12.7. The molecular weight excluding hydrogens is 383 g/mol. The summed E-state index contributed by atoms with van der Waals surface area (Å²) >= 11 is 0. The van der Waals surface area contributed by atoms with Gasteiger partial charge in [0.2, 0.25) is 5.91 Å². The molecule has 0 aromatic heterocycles. The van der Waals surface area contributed by atoms with Crippen molar-refractivity contribution in [1.82, 2.24) is 10.6 Å². The average molecular weight is 412 g/mol. The molecule has 0 saturated heterocycles. The predicted octanol–water partition coefficient (Wildman–Crippen LogP) is 2.07. The smallest absolute Gasteiger partial charge is 0.445 e. The summed E-state index contributed by atoms with van der Waals surface area (Å²) in [6.07, 6.45) is -0.0769. The van der Waals surface area contributed by atoms with E-state index in [1.54, 1.807) is 0 Å². The van der Waals surface area contributed by atoms with Gasteiger partial charge in [-0.1, -0.05) is 74.5 Å². The number of nitrogens with one attached hydrogen (secondary N) is 2. The zero-order chi connectivity index (χ0) is 21.9. The molecule has 2 aromatic carbocycles. The lowest BCUT2D eigenvalue weighted by Crippen LogP contribution is -2.55. The molecule has 0 fully saturated rings. The zero-order valence-corrected chi connectivity index (χ0v) is 17.3. The number of carbonyl (C=O) groups excluding carboxylic acids is 2. The highest BCUT2D eigenvalue weighted by molar-refractivity contribution is 6.43. The molecule has 0 saturated carbocycles. The van der Waals surface area contributed by atoms with Gasteiger partial charge in [0, 0.05) is 0 Å². The van der Waals surface area contributed by atoms with Crippen LogP contribution in [0.3, 0.4) is 0 Å². The molecule has 2 atom stereocenters. The van der Waals surface area contributed by atoms with Crippen LogP contribution in [0.1, 0.15) is 31.4 Å². The molecule has 0 heterocycles. The van der Waals surface area contributed by atoms with Crippen LogP contribution in [-0.2, 0) is 22.6 Å². The van der Waals surface area contributed by atoms with Gasteiger partial charge in [-0.25, -0.2) is 4.79 Å². The Bertz CT molecular complexity index is 787. The molecular formula is C22H29BN2O5. The minimum Gasteiger partial charge on any atom is -0.445 e. The Morgan fingerprint density at radius 3 is 2.03 bits per heavy atom. The standard InChI is InChI=1S/C22H29BN2O5/c1-16(2)13-19(24-22(27)30-15-18-11-7-4-8-12-18)21(26)25-20(23(28)29)14-17-9-5-3-6-10-17/h3-12,16,19-20,28-29H,13-15H2,1-2H3,(H,24,27)(H,25,26). The number of alkyl carbamates (subject to hydrolysis) is 1. The summed E-state index contributed by atoms with van der Waals surface area (Å²) in [5.41, 5.74) is 1.69. The van der Waals surface area contributed by atoms with E-state index in [0.29, 0.717) is 6.42 Å². The number of carbonyl (C=O) groups is 2. The lowest BCUT2D eigenvalue weighted by Gasteiger charge is -2.24. The van der Waals surface area contributed by atoms with Crippen molar-refractivity contribution in [2.24, 2.45) is 5.92 Å². The maximum Gasteiger partial charge on any atom is 0.475 e. The molecule has 0 radical (unpaired) electrons.